The number of methoxy groups -OCH3 is 1. The highest BCUT2D eigenvalue weighted by Crippen LogP contribution is 2.60. The maximum atomic E-state index is 13.5. The molecule has 154 valence electrons. The molecule has 4 aliphatic carbocycles. The van der Waals surface area contributed by atoms with E-state index in [4.69, 9.17) is 21.3 Å². The molecule has 0 unspecified atom stereocenters. The Morgan fingerprint density at radius 3 is 2.48 bits per heavy atom. The Balaban J connectivity index is 1.51. The molecule has 4 fully saturated rings. The molecule has 0 aliphatic heterocycles. The van der Waals surface area contributed by atoms with Gasteiger partial charge < -0.3 is 9.30 Å². The van der Waals surface area contributed by atoms with E-state index >= 15 is 0 Å². The largest absolute Gasteiger partial charge is 0.383 e. The minimum atomic E-state index is -0.206. The molecule has 4 aliphatic rings. The summed E-state index contributed by atoms with van der Waals surface area (Å²) in [5.41, 5.74) is 0.775. The normalized spacial score (nSPS) is 30.8. The van der Waals surface area contributed by atoms with E-state index in [9.17, 15) is 4.79 Å². The summed E-state index contributed by atoms with van der Waals surface area (Å²) < 4.78 is 7.32. The van der Waals surface area contributed by atoms with Crippen molar-refractivity contribution in [2.24, 2.45) is 28.2 Å². The number of rotatable bonds is 5. The standard InChI is InChI=1S/C23H27ClN2O2S/c1-28-7-6-26-14-20(18-4-2-3-5-19(18)24)29-22(26)25-21(27)23-11-15-8-16(12-23)10-17(9-15)13-23/h2-5,14-17H,6-13H2,1H3. The first-order valence-corrected chi connectivity index (χ1v) is 11.8. The van der Waals surface area contributed by atoms with Crippen LogP contribution in [0.4, 0.5) is 0 Å². The molecule has 2 aromatic rings. The number of hydrogen-bond acceptors (Lipinski definition) is 3. The summed E-state index contributed by atoms with van der Waals surface area (Å²) >= 11 is 7.96. The molecule has 0 saturated heterocycles. The summed E-state index contributed by atoms with van der Waals surface area (Å²) in [6.45, 7) is 1.25. The van der Waals surface area contributed by atoms with Crippen molar-refractivity contribution in [2.75, 3.05) is 13.7 Å². The molecule has 29 heavy (non-hydrogen) atoms. The van der Waals surface area contributed by atoms with Crippen molar-refractivity contribution in [3.8, 4) is 10.4 Å². The second-order valence-electron chi connectivity index (χ2n) is 9.16. The van der Waals surface area contributed by atoms with Gasteiger partial charge in [-0.1, -0.05) is 41.1 Å². The van der Waals surface area contributed by atoms with Crippen molar-refractivity contribution in [3.63, 3.8) is 0 Å². The summed E-state index contributed by atoms with van der Waals surface area (Å²) in [5.74, 6) is 2.32. The van der Waals surface area contributed by atoms with Gasteiger partial charge in [-0.15, -0.1) is 0 Å². The van der Waals surface area contributed by atoms with Crippen LogP contribution in [0.1, 0.15) is 38.5 Å². The van der Waals surface area contributed by atoms with Crippen molar-refractivity contribution in [1.82, 2.24) is 4.57 Å². The van der Waals surface area contributed by atoms with Crippen molar-refractivity contribution in [3.05, 3.63) is 40.3 Å². The third-order valence-corrected chi connectivity index (χ3v) is 8.47. The van der Waals surface area contributed by atoms with E-state index in [0.717, 1.165) is 52.3 Å². The molecule has 1 amide bonds. The maximum absolute atomic E-state index is 13.5. The number of halogens is 1. The number of aromatic nitrogens is 1. The summed E-state index contributed by atoms with van der Waals surface area (Å²) in [7, 11) is 1.69. The van der Waals surface area contributed by atoms with Gasteiger partial charge in [-0.25, -0.2) is 0 Å². The van der Waals surface area contributed by atoms with Crippen LogP contribution in [-0.4, -0.2) is 24.2 Å². The number of carbonyl (C=O) groups is 1. The van der Waals surface area contributed by atoms with Crippen molar-refractivity contribution < 1.29 is 9.53 Å². The lowest BCUT2D eigenvalue weighted by molar-refractivity contribution is -0.142. The summed E-state index contributed by atoms with van der Waals surface area (Å²) in [6.07, 6.45) is 9.17. The van der Waals surface area contributed by atoms with Crippen molar-refractivity contribution in [2.45, 2.75) is 45.1 Å². The Hall–Kier alpha value is -1.43. The fourth-order valence-electron chi connectivity index (χ4n) is 6.18. The Labute approximate surface area is 180 Å². The number of thiazole rings is 1. The van der Waals surface area contributed by atoms with Crippen LogP contribution in [0.15, 0.2) is 35.5 Å². The third-order valence-electron chi connectivity index (χ3n) is 7.08. The van der Waals surface area contributed by atoms with Crippen LogP contribution in [0.25, 0.3) is 10.4 Å². The Kier molecular flexibility index (Phi) is 5.17. The minimum absolute atomic E-state index is 0.107. The summed E-state index contributed by atoms with van der Waals surface area (Å²) in [6, 6.07) is 7.82. The molecule has 1 heterocycles. The van der Waals surface area contributed by atoms with E-state index < -0.39 is 0 Å². The highest BCUT2D eigenvalue weighted by atomic mass is 35.5. The second-order valence-corrected chi connectivity index (χ2v) is 10.6. The van der Waals surface area contributed by atoms with Gasteiger partial charge in [0.05, 0.1) is 16.9 Å². The van der Waals surface area contributed by atoms with Gasteiger partial charge in [0.2, 0.25) is 0 Å². The molecule has 1 aromatic carbocycles. The van der Waals surface area contributed by atoms with E-state index in [-0.39, 0.29) is 11.3 Å². The van der Waals surface area contributed by atoms with Gasteiger partial charge in [-0.2, -0.15) is 4.99 Å². The van der Waals surface area contributed by atoms with E-state index in [0.29, 0.717) is 18.2 Å². The lowest BCUT2D eigenvalue weighted by atomic mass is 9.49. The maximum Gasteiger partial charge on any atom is 0.254 e. The van der Waals surface area contributed by atoms with Gasteiger partial charge in [0, 0.05) is 30.4 Å². The fraction of sp³-hybridized carbons (Fsp3) is 0.565. The lowest BCUT2D eigenvalue weighted by Crippen LogP contribution is -2.49. The van der Waals surface area contributed by atoms with Crippen LogP contribution in [0.5, 0.6) is 0 Å². The third kappa shape index (κ3) is 3.62. The van der Waals surface area contributed by atoms with E-state index in [1.54, 1.807) is 18.4 Å². The predicted octanol–water partition coefficient (Wildman–Crippen LogP) is 5.16. The molecule has 4 nitrogen and oxygen atoms in total. The van der Waals surface area contributed by atoms with E-state index in [1.165, 1.54) is 19.3 Å². The van der Waals surface area contributed by atoms with Crippen LogP contribution in [0.3, 0.4) is 0 Å². The highest BCUT2D eigenvalue weighted by Gasteiger charge is 2.54. The number of carbonyl (C=O) groups excluding carboxylic acids is 1. The molecule has 4 saturated carbocycles. The molecule has 6 rings (SSSR count). The first kappa shape index (κ1) is 19.5. The quantitative estimate of drug-likeness (QED) is 0.657. The predicted molar refractivity (Wildman–Crippen MR) is 116 cm³/mol. The molecule has 1 aromatic heterocycles. The Bertz CT molecular complexity index is 957. The van der Waals surface area contributed by atoms with Crippen LogP contribution in [0, 0.1) is 23.2 Å². The number of benzene rings is 1. The zero-order chi connectivity index (χ0) is 20.0. The zero-order valence-electron chi connectivity index (χ0n) is 16.8. The molecule has 0 N–H and O–H groups in total. The average molecular weight is 431 g/mol. The van der Waals surface area contributed by atoms with Gasteiger partial charge in [0.1, 0.15) is 0 Å². The van der Waals surface area contributed by atoms with E-state index in [2.05, 4.69) is 6.20 Å². The number of hydrogen-bond donors (Lipinski definition) is 0. The average Bonchev–Trinajstić information content (AvgIpc) is 3.08. The molecule has 0 radical (unpaired) electrons. The molecule has 4 bridgehead atoms. The van der Waals surface area contributed by atoms with Gasteiger partial charge in [-0.05, 0) is 62.3 Å². The molecule has 0 spiro atoms. The van der Waals surface area contributed by atoms with Crippen LogP contribution >= 0.6 is 22.9 Å². The van der Waals surface area contributed by atoms with Crippen LogP contribution in [-0.2, 0) is 16.1 Å². The number of nitrogens with zero attached hydrogens (tertiary/aromatic N) is 2. The second kappa shape index (κ2) is 7.68. The first-order valence-electron chi connectivity index (χ1n) is 10.6. The monoisotopic (exact) mass is 430 g/mol. The lowest BCUT2D eigenvalue weighted by Gasteiger charge is -2.55. The number of amides is 1. The van der Waals surface area contributed by atoms with Gasteiger partial charge in [-0.3, -0.25) is 4.79 Å². The van der Waals surface area contributed by atoms with Crippen LogP contribution in [0.2, 0.25) is 5.02 Å². The van der Waals surface area contributed by atoms with E-state index in [1.807, 2.05) is 28.8 Å². The molecular formula is C23H27ClN2O2S. The van der Waals surface area contributed by atoms with Gasteiger partial charge in [0.15, 0.2) is 4.80 Å². The zero-order valence-corrected chi connectivity index (χ0v) is 18.3. The molecular weight excluding hydrogens is 404 g/mol. The van der Waals surface area contributed by atoms with Crippen molar-refractivity contribution >= 4 is 28.8 Å². The van der Waals surface area contributed by atoms with Gasteiger partial charge >= 0.3 is 0 Å². The first-order chi connectivity index (χ1) is 14.1. The smallest absolute Gasteiger partial charge is 0.254 e. The van der Waals surface area contributed by atoms with Gasteiger partial charge in [0.25, 0.3) is 5.91 Å². The summed E-state index contributed by atoms with van der Waals surface area (Å²) in [4.78, 5) is 20.0. The highest BCUT2D eigenvalue weighted by molar-refractivity contribution is 7.12. The SMILES string of the molecule is COCCn1cc(-c2ccccc2Cl)sc1=NC(=O)C12CC3CC(CC(C3)C1)C2. The molecule has 6 heteroatoms. The Morgan fingerprint density at radius 2 is 1.86 bits per heavy atom. The fourth-order valence-corrected chi connectivity index (χ4v) is 7.53. The Morgan fingerprint density at radius 1 is 1.21 bits per heavy atom. The minimum Gasteiger partial charge on any atom is -0.383 e. The molecule has 0 atom stereocenters. The summed E-state index contributed by atoms with van der Waals surface area (Å²) in [5, 5.41) is 0.714. The van der Waals surface area contributed by atoms with Crippen molar-refractivity contribution in [1.29, 1.82) is 0 Å². The number of ether oxygens (including phenoxy) is 1. The topological polar surface area (TPSA) is 43.6 Å². The van der Waals surface area contributed by atoms with Crippen LogP contribution < -0.4 is 4.80 Å².